The summed E-state index contributed by atoms with van der Waals surface area (Å²) in [6, 6.07) is 4.49. The van der Waals surface area contributed by atoms with Gasteiger partial charge in [-0.15, -0.1) is 6.58 Å². The van der Waals surface area contributed by atoms with Crippen molar-refractivity contribution >= 4 is 0 Å². The van der Waals surface area contributed by atoms with Crippen molar-refractivity contribution in [3.05, 3.63) is 47.0 Å². The van der Waals surface area contributed by atoms with E-state index in [1.807, 2.05) is 6.08 Å². The smallest absolute Gasteiger partial charge is 0.0242 e. The summed E-state index contributed by atoms with van der Waals surface area (Å²) in [4.78, 5) is 2.33. The number of benzene rings is 1. The maximum atomic E-state index is 5.64. The van der Waals surface area contributed by atoms with Crippen molar-refractivity contribution in [1.29, 1.82) is 0 Å². The molecular formula is C15H24N2. The van der Waals surface area contributed by atoms with Crippen LogP contribution in [0.2, 0.25) is 0 Å². The predicted molar refractivity (Wildman–Crippen MR) is 75.2 cm³/mol. The molecule has 0 spiro atoms. The van der Waals surface area contributed by atoms with Crippen molar-refractivity contribution in [3.8, 4) is 0 Å². The van der Waals surface area contributed by atoms with Crippen LogP contribution in [0.15, 0.2) is 24.8 Å². The molecule has 2 N–H and O–H groups in total. The zero-order chi connectivity index (χ0) is 12.8. The number of aryl methyl sites for hydroxylation is 3. The highest BCUT2D eigenvalue weighted by molar-refractivity contribution is 5.37. The quantitative estimate of drug-likeness (QED) is 0.764. The van der Waals surface area contributed by atoms with Crippen LogP contribution in [0.4, 0.5) is 0 Å². The molecule has 0 aliphatic heterocycles. The van der Waals surface area contributed by atoms with Crippen molar-refractivity contribution in [2.45, 2.75) is 27.3 Å². The molecule has 0 bridgehead atoms. The topological polar surface area (TPSA) is 29.3 Å². The molecule has 0 saturated heterocycles. The summed E-state index contributed by atoms with van der Waals surface area (Å²) < 4.78 is 0. The van der Waals surface area contributed by atoms with Gasteiger partial charge in [0.25, 0.3) is 0 Å². The molecule has 0 unspecified atom stereocenters. The van der Waals surface area contributed by atoms with Gasteiger partial charge in [-0.2, -0.15) is 0 Å². The summed E-state index contributed by atoms with van der Waals surface area (Å²) in [5.41, 5.74) is 11.1. The van der Waals surface area contributed by atoms with E-state index in [9.17, 15) is 0 Å². The van der Waals surface area contributed by atoms with Gasteiger partial charge in [0, 0.05) is 26.2 Å². The molecule has 0 radical (unpaired) electrons. The average molecular weight is 232 g/mol. The maximum Gasteiger partial charge on any atom is 0.0242 e. The van der Waals surface area contributed by atoms with Crippen molar-refractivity contribution in [3.63, 3.8) is 0 Å². The standard InChI is InChI=1S/C15H24N2/c1-5-7-17(8-6-16)11-15-13(3)9-12(2)10-14(15)4/h5,9-10H,1,6-8,11,16H2,2-4H3. The molecule has 1 aromatic rings. The lowest BCUT2D eigenvalue weighted by molar-refractivity contribution is 0.302. The molecule has 94 valence electrons. The molecule has 17 heavy (non-hydrogen) atoms. The molecule has 0 heterocycles. The third kappa shape index (κ3) is 3.99. The summed E-state index contributed by atoms with van der Waals surface area (Å²) in [6.07, 6.45) is 1.94. The lowest BCUT2D eigenvalue weighted by Gasteiger charge is -2.22. The Kier molecular flexibility index (Phi) is 5.39. The zero-order valence-corrected chi connectivity index (χ0v) is 11.3. The van der Waals surface area contributed by atoms with Gasteiger partial charge in [-0.1, -0.05) is 23.8 Å². The van der Waals surface area contributed by atoms with Crippen LogP contribution in [0.25, 0.3) is 0 Å². The van der Waals surface area contributed by atoms with Crippen LogP contribution >= 0.6 is 0 Å². The third-order valence-corrected chi connectivity index (χ3v) is 3.05. The van der Waals surface area contributed by atoms with E-state index in [0.29, 0.717) is 6.54 Å². The minimum absolute atomic E-state index is 0.692. The molecule has 1 rings (SSSR count). The highest BCUT2D eigenvalue weighted by Crippen LogP contribution is 2.18. The second kappa shape index (κ2) is 6.58. The van der Waals surface area contributed by atoms with Crippen LogP contribution < -0.4 is 5.73 Å². The number of rotatable bonds is 6. The summed E-state index contributed by atoms with van der Waals surface area (Å²) in [5.74, 6) is 0. The van der Waals surface area contributed by atoms with Gasteiger partial charge in [-0.05, 0) is 37.5 Å². The Morgan fingerprint density at radius 2 is 1.82 bits per heavy atom. The number of hydrogen-bond donors (Lipinski definition) is 1. The number of hydrogen-bond acceptors (Lipinski definition) is 2. The Balaban J connectivity index is 2.88. The zero-order valence-electron chi connectivity index (χ0n) is 11.3. The van der Waals surface area contributed by atoms with Crippen LogP contribution in [0.1, 0.15) is 22.3 Å². The predicted octanol–water partition coefficient (Wildman–Crippen LogP) is 2.56. The van der Waals surface area contributed by atoms with Gasteiger partial charge in [0.2, 0.25) is 0 Å². The number of nitrogens with two attached hydrogens (primary N) is 1. The minimum Gasteiger partial charge on any atom is -0.329 e. The van der Waals surface area contributed by atoms with E-state index in [-0.39, 0.29) is 0 Å². The van der Waals surface area contributed by atoms with E-state index in [1.54, 1.807) is 0 Å². The van der Waals surface area contributed by atoms with Gasteiger partial charge in [0.15, 0.2) is 0 Å². The maximum absolute atomic E-state index is 5.64. The molecule has 2 heteroatoms. The van der Waals surface area contributed by atoms with E-state index in [1.165, 1.54) is 22.3 Å². The normalized spacial score (nSPS) is 10.9. The molecule has 0 fully saturated rings. The fraction of sp³-hybridized carbons (Fsp3) is 0.467. The molecular weight excluding hydrogens is 208 g/mol. The van der Waals surface area contributed by atoms with Gasteiger partial charge in [-0.3, -0.25) is 4.90 Å². The second-order valence-corrected chi connectivity index (χ2v) is 4.69. The van der Waals surface area contributed by atoms with Gasteiger partial charge in [-0.25, -0.2) is 0 Å². The van der Waals surface area contributed by atoms with Crippen molar-refractivity contribution in [2.75, 3.05) is 19.6 Å². The van der Waals surface area contributed by atoms with Crippen LogP contribution in [0.3, 0.4) is 0 Å². The molecule has 0 aromatic heterocycles. The van der Waals surface area contributed by atoms with Crippen molar-refractivity contribution < 1.29 is 0 Å². The summed E-state index contributed by atoms with van der Waals surface area (Å²) in [5, 5.41) is 0. The second-order valence-electron chi connectivity index (χ2n) is 4.69. The lowest BCUT2D eigenvalue weighted by atomic mass is 9.99. The SMILES string of the molecule is C=CCN(CCN)Cc1c(C)cc(C)cc1C. The Bertz CT molecular complexity index is 360. The molecule has 0 atom stereocenters. The first kappa shape index (κ1) is 13.9. The van der Waals surface area contributed by atoms with Crippen LogP contribution in [-0.4, -0.2) is 24.5 Å². The first-order valence-corrected chi connectivity index (χ1v) is 6.18. The lowest BCUT2D eigenvalue weighted by Crippen LogP contribution is -2.29. The fourth-order valence-corrected chi connectivity index (χ4v) is 2.28. The van der Waals surface area contributed by atoms with Crippen LogP contribution in [0.5, 0.6) is 0 Å². The van der Waals surface area contributed by atoms with Crippen molar-refractivity contribution in [1.82, 2.24) is 4.90 Å². The van der Waals surface area contributed by atoms with E-state index < -0.39 is 0 Å². The first-order valence-electron chi connectivity index (χ1n) is 6.18. The Hall–Kier alpha value is -1.12. The Morgan fingerprint density at radius 3 is 2.29 bits per heavy atom. The molecule has 2 nitrogen and oxygen atoms in total. The summed E-state index contributed by atoms with van der Waals surface area (Å²) in [7, 11) is 0. The minimum atomic E-state index is 0.692. The Morgan fingerprint density at radius 1 is 1.24 bits per heavy atom. The van der Waals surface area contributed by atoms with Gasteiger partial charge < -0.3 is 5.73 Å². The molecule has 1 aromatic carbocycles. The van der Waals surface area contributed by atoms with Gasteiger partial charge in [0.1, 0.15) is 0 Å². The fourth-order valence-electron chi connectivity index (χ4n) is 2.28. The summed E-state index contributed by atoms with van der Waals surface area (Å²) in [6.45, 7) is 13.8. The van der Waals surface area contributed by atoms with Crippen molar-refractivity contribution in [2.24, 2.45) is 5.73 Å². The van der Waals surface area contributed by atoms with Gasteiger partial charge in [0.05, 0.1) is 0 Å². The molecule has 0 saturated carbocycles. The molecule has 0 aliphatic carbocycles. The highest BCUT2D eigenvalue weighted by Gasteiger charge is 2.08. The van der Waals surface area contributed by atoms with E-state index in [0.717, 1.165) is 19.6 Å². The van der Waals surface area contributed by atoms with Crippen LogP contribution in [0, 0.1) is 20.8 Å². The Labute approximate surface area is 105 Å². The van der Waals surface area contributed by atoms with E-state index in [4.69, 9.17) is 5.73 Å². The van der Waals surface area contributed by atoms with E-state index >= 15 is 0 Å². The molecule has 0 amide bonds. The monoisotopic (exact) mass is 232 g/mol. The highest BCUT2D eigenvalue weighted by atomic mass is 15.1. The average Bonchev–Trinajstić information content (AvgIpc) is 2.23. The summed E-state index contributed by atoms with van der Waals surface area (Å²) >= 11 is 0. The largest absolute Gasteiger partial charge is 0.329 e. The van der Waals surface area contributed by atoms with Crippen LogP contribution in [-0.2, 0) is 6.54 Å². The van der Waals surface area contributed by atoms with Gasteiger partial charge >= 0.3 is 0 Å². The third-order valence-electron chi connectivity index (χ3n) is 3.05. The first-order chi connectivity index (χ1) is 8.08. The number of nitrogens with zero attached hydrogens (tertiary/aromatic N) is 1. The van der Waals surface area contributed by atoms with E-state index in [2.05, 4.69) is 44.4 Å². The molecule has 0 aliphatic rings.